The Balaban J connectivity index is 1.68. The van der Waals surface area contributed by atoms with Gasteiger partial charge in [-0.1, -0.05) is 12.1 Å². The van der Waals surface area contributed by atoms with E-state index in [-0.39, 0.29) is 0 Å². The maximum atomic E-state index is 6.28. The fraction of sp³-hybridized carbons (Fsp3) is 0.550. The topological polar surface area (TPSA) is 76.4 Å². The third-order valence-corrected chi connectivity index (χ3v) is 4.79. The van der Waals surface area contributed by atoms with Crippen LogP contribution in [0.3, 0.4) is 0 Å². The first-order valence-electron chi connectivity index (χ1n) is 9.77. The van der Waals surface area contributed by atoms with Crippen molar-refractivity contribution in [2.45, 2.75) is 58.7 Å². The molecule has 27 heavy (non-hydrogen) atoms. The molecule has 1 heterocycles. The summed E-state index contributed by atoms with van der Waals surface area (Å²) >= 11 is 0. The standard InChI is InChI=1S/C20H30N6O/c1-4-21-20(23-13-19-25-24-14-26(19)3)22-12-16-10-9-15(2)11-18(16)27-17-7-5-6-8-17/h9-11,14,17H,4-8,12-13H2,1-3H3,(H2,21,22,23). The van der Waals surface area contributed by atoms with Crippen LogP contribution in [0, 0.1) is 6.92 Å². The number of ether oxygens (including phenoxy) is 1. The fourth-order valence-electron chi connectivity index (χ4n) is 3.22. The van der Waals surface area contributed by atoms with Crippen molar-refractivity contribution >= 4 is 5.96 Å². The first kappa shape index (κ1) is 19.2. The van der Waals surface area contributed by atoms with E-state index >= 15 is 0 Å². The number of aliphatic imine (C=N–C) groups is 1. The molecule has 2 aromatic rings. The zero-order chi connectivity index (χ0) is 19.1. The molecule has 0 radical (unpaired) electrons. The summed E-state index contributed by atoms with van der Waals surface area (Å²) in [5, 5.41) is 14.6. The molecule has 1 aliphatic carbocycles. The molecule has 1 aromatic heterocycles. The van der Waals surface area contributed by atoms with Gasteiger partial charge in [-0.2, -0.15) is 0 Å². The first-order chi connectivity index (χ1) is 13.2. The van der Waals surface area contributed by atoms with E-state index in [2.05, 4.69) is 52.9 Å². The lowest BCUT2D eigenvalue weighted by molar-refractivity contribution is 0.208. The van der Waals surface area contributed by atoms with E-state index in [0.717, 1.165) is 42.5 Å². The molecule has 1 fully saturated rings. The summed E-state index contributed by atoms with van der Waals surface area (Å²) < 4.78 is 8.18. The van der Waals surface area contributed by atoms with E-state index in [0.29, 0.717) is 19.2 Å². The van der Waals surface area contributed by atoms with Crippen molar-refractivity contribution in [2.75, 3.05) is 6.54 Å². The summed E-state index contributed by atoms with van der Waals surface area (Å²) in [5.41, 5.74) is 2.33. The van der Waals surface area contributed by atoms with Crippen molar-refractivity contribution in [2.24, 2.45) is 12.0 Å². The minimum absolute atomic E-state index is 0.344. The number of hydrogen-bond acceptors (Lipinski definition) is 4. The molecule has 0 saturated heterocycles. The van der Waals surface area contributed by atoms with Crippen LogP contribution in [0.1, 0.15) is 49.6 Å². The normalized spacial score (nSPS) is 15.1. The lowest BCUT2D eigenvalue weighted by atomic mass is 10.1. The van der Waals surface area contributed by atoms with Gasteiger partial charge in [0, 0.05) is 19.2 Å². The molecule has 3 rings (SSSR count). The van der Waals surface area contributed by atoms with Crippen LogP contribution in [-0.4, -0.2) is 33.4 Å². The summed E-state index contributed by atoms with van der Waals surface area (Å²) in [4.78, 5) is 4.73. The van der Waals surface area contributed by atoms with Crippen LogP contribution in [0.25, 0.3) is 0 Å². The van der Waals surface area contributed by atoms with E-state index in [1.54, 1.807) is 6.33 Å². The van der Waals surface area contributed by atoms with E-state index in [1.807, 2.05) is 11.6 Å². The zero-order valence-corrected chi connectivity index (χ0v) is 16.5. The lowest BCUT2D eigenvalue weighted by Gasteiger charge is -2.17. The number of benzene rings is 1. The number of nitrogens with one attached hydrogen (secondary N) is 2. The van der Waals surface area contributed by atoms with Crippen molar-refractivity contribution in [1.29, 1.82) is 0 Å². The molecule has 1 aliphatic rings. The van der Waals surface area contributed by atoms with Crippen LogP contribution < -0.4 is 15.4 Å². The Morgan fingerprint density at radius 3 is 2.81 bits per heavy atom. The number of hydrogen-bond donors (Lipinski definition) is 2. The van der Waals surface area contributed by atoms with Gasteiger partial charge >= 0.3 is 0 Å². The number of nitrogens with zero attached hydrogens (tertiary/aromatic N) is 4. The summed E-state index contributed by atoms with van der Waals surface area (Å²) in [7, 11) is 1.93. The summed E-state index contributed by atoms with van der Waals surface area (Å²) in [5.74, 6) is 2.59. The molecule has 0 bridgehead atoms. The third kappa shape index (κ3) is 5.45. The molecule has 2 N–H and O–H groups in total. The van der Waals surface area contributed by atoms with Gasteiger partial charge in [-0.3, -0.25) is 0 Å². The summed E-state index contributed by atoms with van der Waals surface area (Å²) in [6, 6.07) is 6.37. The van der Waals surface area contributed by atoms with Gasteiger partial charge in [-0.25, -0.2) is 4.99 Å². The average molecular weight is 371 g/mol. The van der Waals surface area contributed by atoms with Gasteiger partial charge in [0.1, 0.15) is 12.1 Å². The molecule has 7 heteroatoms. The Morgan fingerprint density at radius 1 is 1.30 bits per heavy atom. The molecule has 0 unspecified atom stereocenters. The van der Waals surface area contributed by atoms with Gasteiger partial charge < -0.3 is 19.9 Å². The second kappa shape index (κ2) is 9.39. The molecule has 1 aromatic carbocycles. The molecule has 1 saturated carbocycles. The van der Waals surface area contributed by atoms with Crippen molar-refractivity contribution in [3.8, 4) is 5.75 Å². The van der Waals surface area contributed by atoms with Gasteiger partial charge in [-0.05, 0) is 51.2 Å². The molecule has 146 valence electrons. The van der Waals surface area contributed by atoms with Crippen molar-refractivity contribution in [3.05, 3.63) is 41.5 Å². The highest BCUT2D eigenvalue weighted by Crippen LogP contribution is 2.28. The van der Waals surface area contributed by atoms with Crippen LogP contribution in [0.5, 0.6) is 5.75 Å². The second-order valence-corrected chi connectivity index (χ2v) is 7.04. The van der Waals surface area contributed by atoms with Gasteiger partial charge in [-0.15, -0.1) is 10.2 Å². The minimum atomic E-state index is 0.344. The van der Waals surface area contributed by atoms with Gasteiger partial charge in [0.25, 0.3) is 0 Å². The molecule has 0 aliphatic heterocycles. The number of aromatic nitrogens is 3. The molecule has 0 atom stereocenters. The van der Waals surface area contributed by atoms with Crippen LogP contribution in [-0.2, 0) is 20.1 Å². The largest absolute Gasteiger partial charge is 0.490 e. The average Bonchev–Trinajstić information content (AvgIpc) is 3.30. The summed E-state index contributed by atoms with van der Waals surface area (Å²) in [6.45, 7) is 6.09. The van der Waals surface area contributed by atoms with Gasteiger partial charge in [0.2, 0.25) is 0 Å². The summed E-state index contributed by atoms with van der Waals surface area (Å²) in [6.07, 6.45) is 6.87. The molecular formula is C20H30N6O. The van der Waals surface area contributed by atoms with Gasteiger partial charge in [0.15, 0.2) is 11.8 Å². The Morgan fingerprint density at radius 2 is 2.11 bits per heavy atom. The monoisotopic (exact) mass is 370 g/mol. The van der Waals surface area contributed by atoms with Crippen LogP contribution in [0.2, 0.25) is 0 Å². The predicted molar refractivity (Wildman–Crippen MR) is 107 cm³/mol. The Labute approximate surface area is 161 Å². The maximum Gasteiger partial charge on any atom is 0.191 e. The van der Waals surface area contributed by atoms with E-state index in [1.165, 1.54) is 18.4 Å². The molecule has 0 amide bonds. The zero-order valence-electron chi connectivity index (χ0n) is 16.5. The Bertz CT molecular complexity index is 764. The van der Waals surface area contributed by atoms with E-state index in [9.17, 15) is 0 Å². The number of guanidine groups is 1. The minimum Gasteiger partial charge on any atom is -0.490 e. The maximum absolute atomic E-state index is 6.28. The van der Waals surface area contributed by atoms with Crippen molar-refractivity contribution in [3.63, 3.8) is 0 Å². The Hall–Kier alpha value is -2.57. The highest BCUT2D eigenvalue weighted by atomic mass is 16.5. The first-order valence-corrected chi connectivity index (χ1v) is 9.77. The van der Waals surface area contributed by atoms with Crippen LogP contribution in [0.4, 0.5) is 0 Å². The third-order valence-electron chi connectivity index (χ3n) is 4.79. The predicted octanol–water partition coefficient (Wildman–Crippen LogP) is 2.70. The molecule has 0 spiro atoms. The number of aryl methyl sites for hydroxylation is 2. The smallest absolute Gasteiger partial charge is 0.191 e. The van der Waals surface area contributed by atoms with Gasteiger partial charge in [0.05, 0.1) is 19.2 Å². The Kier molecular flexibility index (Phi) is 6.68. The van der Waals surface area contributed by atoms with Crippen LogP contribution >= 0.6 is 0 Å². The van der Waals surface area contributed by atoms with E-state index in [4.69, 9.17) is 9.73 Å². The van der Waals surface area contributed by atoms with Crippen molar-refractivity contribution in [1.82, 2.24) is 25.4 Å². The highest BCUT2D eigenvalue weighted by Gasteiger charge is 2.18. The van der Waals surface area contributed by atoms with Crippen LogP contribution in [0.15, 0.2) is 29.5 Å². The quantitative estimate of drug-likeness (QED) is 0.579. The second-order valence-electron chi connectivity index (χ2n) is 7.04. The number of rotatable bonds is 7. The molecular weight excluding hydrogens is 340 g/mol. The van der Waals surface area contributed by atoms with Crippen molar-refractivity contribution < 1.29 is 4.74 Å². The lowest BCUT2D eigenvalue weighted by Crippen LogP contribution is -2.37. The van der Waals surface area contributed by atoms with E-state index < -0.39 is 0 Å². The fourth-order valence-corrected chi connectivity index (χ4v) is 3.22. The SMILES string of the molecule is CCNC(=NCc1ccc(C)cc1OC1CCCC1)NCc1nncn1C. The molecule has 7 nitrogen and oxygen atoms in total. The highest BCUT2D eigenvalue weighted by molar-refractivity contribution is 5.79.